The largest absolute Gasteiger partial charge is 0.353 e. The third-order valence-corrected chi connectivity index (χ3v) is 3.44. The van der Waals surface area contributed by atoms with Crippen molar-refractivity contribution in [3.8, 4) is 0 Å². The average Bonchev–Trinajstić information content (AvgIpc) is 2.83. The normalized spacial score (nSPS) is 21.7. The van der Waals surface area contributed by atoms with Crippen LogP contribution in [0.5, 0.6) is 0 Å². The fourth-order valence-corrected chi connectivity index (χ4v) is 2.37. The van der Waals surface area contributed by atoms with E-state index >= 15 is 0 Å². The molecule has 0 radical (unpaired) electrons. The van der Waals surface area contributed by atoms with E-state index in [-0.39, 0.29) is 12.4 Å². The summed E-state index contributed by atoms with van der Waals surface area (Å²) in [5.74, 6) is 0.772. The van der Waals surface area contributed by atoms with Gasteiger partial charge in [-0.1, -0.05) is 11.6 Å². The van der Waals surface area contributed by atoms with Crippen LogP contribution >= 0.6 is 11.6 Å². The van der Waals surface area contributed by atoms with Gasteiger partial charge in [-0.15, -0.1) is 0 Å². The van der Waals surface area contributed by atoms with Crippen LogP contribution in [0.1, 0.15) is 38.1 Å². The van der Waals surface area contributed by atoms with Crippen LogP contribution in [-0.2, 0) is 9.47 Å². The Balaban J connectivity index is 1.75. The van der Waals surface area contributed by atoms with Crippen molar-refractivity contribution >= 4 is 22.6 Å². The number of fused-ring (bicyclic) bond motifs is 1. The standard InChI is InChI=1S/C13H16ClN3O2/c1-8(19-12-4-2-3-5-18-12)13-16-9-6-11(14)15-7-10(9)17-13/h6-8,12H,2-5H2,1H3,(H,16,17). The molecule has 0 aliphatic carbocycles. The number of aromatic nitrogens is 3. The molecule has 0 spiro atoms. The summed E-state index contributed by atoms with van der Waals surface area (Å²) in [6.45, 7) is 2.74. The molecule has 1 aliphatic rings. The topological polar surface area (TPSA) is 60.0 Å². The first kappa shape index (κ1) is 12.8. The minimum Gasteiger partial charge on any atom is -0.353 e. The highest BCUT2D eigenvalue weighted by atomic mass is 35.5. The van der Waals surface area contributed by atoms with Gasteiger partial charge < -0.3 is 14.5 Å². The van der Waals surface area contributed by atoms with Gasteiger partial charge in [0, 0.05) is 12.7 Å². The van der Waals surface area contributed by atoms with E-state index in [1.807, 2.05) is 6.92 Å². The lowest BCUT2D eigenvalue weighted by atomic mass is 10.2. The van der Waals surface area contributed by atoms with Gasteiger partial charge in [-0.25, -0.2) is 9.97 Å². The number of hydrogen-bond acceptors (Lipinski definition) is 4. The Hall–Kier alpha value is -1.17. The van der Waals surface area contributed by atoms with Gasteiger partial charge in [0.1, 0.15) is 22.6 Å². The van der Waals surface area contributed by atoms with Crippen molar-refractivity contribution < 1.29 is 9.47 Å². The summed E-state index contributed by atoms with van der Waals surface area (Å²) in [7, 11) is 0. The minimum absolute atomic E-state index is 0.126. The fourth-order valence-electron chi connectivity index (χ4n) is 2.21. The van der Waals surface area contributed by atoms with Gasteiger partial charge in [-0.05, 0) is 26.2 Å². The van der Waals surface area contributed by atoms with E-state index < -0.39 is 0 Å². The summed E-state index contributed by atoms with van der Waals surface area (Å²) in [4.78, 5) is 11.7. The summed E-state index contributed by atoms with van der Waals surface area (Å²) in [6.07, 6.45) is 4.59. The summed E-state index contributed by atoms with van der Waals surface area (Å²) in [5, 5.41) is 0.451. The van der Waals surface area contributed by atoms with Crippen molar-refractivity contribution in [1.29, 1.82) is 0 Å². The lowest BCUT2D eigenvalue weighted by Gasteiger charge is -2.25. The molecule has 2 aromatic heterocycles. The van der Waals surface area contributed by atoms with Gasteiger partial charge in [0.25, 0.3) is 0 Å². The lowest BCUT2D eigenvalue weighted by Crippen LogP contribution is -2.23. The second-order valence-corrected chi connectivity index (χ2v) is 5.11. The minimum atomic E-state index is -0.144. The SMILES string of the molecule is CC(OC1CCCCO1)c1nc2cnc(Cl)cc2[nH]1. The van der Waals surface area contributed by atoms with Crippen molar-refractivity contribution in [2.75, 3.05) is 6.61 Å². The first-order chi connectivity index (χ1) is 9.22. The maximum atomic E-state index is 5.87. The number of H-pyrrole nitrogens is 1. The Labute approximate surface area is 116 Å². The molecule has 0 bridgehead atoms. The number of rotatable bonds is 3. The summed E-state index contributed by atoms with van der Waals surface area (Å²) < 4.78 is 11.4. The van der Waals surface area contributed by atoms with E-state index in [0.29, 0.717) is 5.15 Å². The zero-order chi connectivity index (χ0) is 13.2. The van der Waals surface area contributed by atoms with E-state index in [1.165, 1.54) is 0 Å². The van der Waals surface area contributed by atoms with Crippen LogP contribution in [0.4, 0.5) is 0 Å². The second kappa shape index (κ2) is 5.45. The monoisotopic (exact) mass is 281 g/mol. The predicted octanol–water partition coefficient (Wildman–Crippen LogP) is 3.22. The predicted molar refractivity (Wildman–Crippen MR) is 72.0 cm³/mol. The molecule has 1 saturated heterocycles. The van der Waals surface area contributed by atoms with Gasteiger partial charge in [-0.2, -0.15) is 0 Å². The third-order valence-electron chi connectivity index (χ3n) is 3.23. The van der Waals surface area contributed by atoms with Crippen molar-refractivity contribution in [2.45, 2.75) is 38.6 Å². The molecule has 0 saturated carbocycles. The molecule has 3 rings (SSSR count). The molecule has 6 heteroatoms. The molecule has 3 heterocycles. The number of pyridine rings is 1. The van der Waals surface area contributed by atoms with E-state index in [2.05, 4.69) is 15.0 Å². The molecule has 1 fully saturated rings. The number of nitrogens with zero attached hydrogens (tertiary/aromatic N) is 2. The van der Waals surface area contributed by atoms with Gasteiger partial charge in [-0.3, -0.25) is 0 Å². The molecule has 2 atom stereocenters. The maximum absolute atomic E-state index is 5.87. The van der Waals surface area contributed by atoms with Crippen LogP contribution < -0.4 is 0 Å². The maximum Gasteiger partial charge on any atom is 0.158 e. The molecule has 0 aromatic carbocycles. The molecular weight excluding hydrogens is 266 g/mol. The van der Waals surface area contributed by atoms with E-state index in [9.17, 15) is 0 Å². The highest BCUT2D eigenvalue weighted by molar-refractivity contribution is 6.29. The summed E-state index contributed by atoms with van der Waals surface area (Å²) in [5.41, 5.74) is 1.66. The number of nitrogens with one attached hydrogen (secondary N) is 1. The van der Waals surface area contributed by atoms with Crippen LogP contribution in [0.3, 0.4) is 0 Å². The Morgan fingerprint density at radius 1 is 1.53 bits per heavy atom. The lowest BCUT2D eigenvalue weighted by molar-refractivity contribution is -0.187. The van der Waals surface area contributed by atoms with Crippen LogP contribution in [0, 0.1) is 0 Å². The van der Waals surface area contributed by atoms with Gasteiger partial charge in [0.15, 0.2) is 6.29 Å². The highest BCUT2D eigenvalue weighted by Crippen LogP contribution is 2.24. The van der Waals surface area contributed by atoms with E-state index in [4.69, 9.17) is 21.1 Å². The van der Waals surface area contributed by atoms with Gasteiger partial charge in [0.2, 0.25) is 0 Å². The third kappa shape index (κ3) is 2.88. The Morgan fingerprint density at radius 2 is 2.42 bits per heavy atom. The Bertz CT molecular complexity index is 566. The van der Waals surface area contributed by atoms with Crippen molar-refractivity contribution in [1.82, 2.24) is 15.0 Å². The van der Waals surface area contributed by atoms with Crippen LogP contribution in [0.25, 0.3) is 11.0 Å². The fraction of sp³-hybridized carbons (Fsp3) is 0.538. The number of halogens is 1. The van der Waals surface area contributed by atoms with Crippen LogP contribution in [-0.4, -0.2) is 27.8 Å². The van der Waals surface area contributed by atoms with Crippen molar-refractivity contribution in [2.24, 2.45) is 0 Å². The van der Waals surface area contributed by atoms with E-state index in [0.717, 1.165) is 42.7 Å². The highest BCUT2D eigenvalue weighted by Gasteiger charge is 2.20. The van der Waals surface area contributed by atoms with E-state index in [1.54, 1.807) is 12.3 Å². The molecule has 19 heavy (non-hydrogen) atoms. The molecule has 1 N–H and O–H groups in total. The molecule has 2 aromatic rings. The molecule has 1 aliphatic heterocycles. The molecule has 102 valence electrons. The number of ether oxygens (including phenoxy) is 2. The number of imidazole rings is 1. The second-order valence-electron chi connectivity index (χ2n) is 4.72. The zero-order valence-corrected chi connectivity index (χ0v) is 11.5. The molecule has 2 unspecified atom stereocenters. The number of aromatic amines is 1. The summed E-state index contributed by atoms with van der Waals surface area (Å²) >= 11 is 5.85. The first-order valence-corrected chi connectivity index (χ1v) is 6.88. The summed E-state index contributed by atoms with van der Waals surface area (Å²) in [6, 6.07) is 1.76. The smallest absolute Gasteiger partial charge is 0.158 e. The van der Waals surface area contributed by atoms with Crippen molar-refractivity contribution in [3.63, 3.8) is 0 Å². The molecule has 5 nitrogen and oxygen atoms in total. The van der Waals surface area contributed by atoms with Crippen molar-refractivity contribution in [3.05, 3.63) is 23.2 Å². The zero-order valence-electron chi connectivity index (χ0n) is 10.7. The Kier molecular flexibility index (Phi) is 3.68. The number of hydrogen-bond donors (Lipinski definition) is 1. The van der Waals surface area contributed by atoms with Crippen LogP contribution in [0.2, 0.25) is 5.15 Å². The molecule has 0 amide bonds. The molecular formula is C13H16ClN3O2. The Morgan fingerprint density at radius 3 is 3.21 bits per heavy atom. The van der Waals surface area contributed by atoms with Gasteiger partial charge >= 0.3 is 0 Å². The quantitative estimate of drug-likeness (QED) is 0.878. The average molecular weight is 282 g/mol. The first-order valence-electron chi connectivity index (χ1n) is 6.50. The van der Waals surface area contributed by atoms with Gasteiger partial charge in [0.05, 0.1) is 11.7 Å². The van der Waals surface area contributed by atoms with Crippen LogP contribution in [0.15, 0.2) is 12.3 Å².